The summed E-state index contributed by atoms with van der Waals surface area (Å²) >= 11 is 0. The molecule has 0 bridgehead atoms. The van der Waals surface area contributed by atoms with Crippen molar-refractivity contribution in [3.05, 3.63) is 0 Å². The first kappa shape index (κ1) is 8.92. The molecule has 1 atom stereocenters. The van der Waals surface area contributed by atoms with Gasteiger partial charge in [0.1, 0.15) is 0 Å². The van der Waals surface area contributed by atoms with Gasteiger partial charge in [0.15, 0.2) is 0 Å². The van der Waals surface area contributed by atoms with Crippen molar-refractivity contribution >= 4 is 0 Å². The number of hydrogen-bond donors (Lipinski definition) is 2. The lowest BCUT2D eigenvalue weighted by atomic mass is 10.0. The zero-order valence-electron chi connectivity index (χ0n) is 6.73. The Bertz CT molecular complexity index is 75.5. The first-order chi connectivity index (χ1) is 3.98. The topological polar surface area (TPSA) is 32.3 Å². The van der Waals surface area contributed by atoms with Crippen LogP contribution < -0.4 is 5.32 Å². The molecule has 0 aromatic carbocycles. The standard InChI is InChI=1S/C7H17NO/c1-5-8-6(2)7(3,4)9/h6,8-9H,5H2,1-4H3/t6-/m1/s1. The van der Waals surface area contributed by atoms with E-state index in [0.717, 1.165) is 6.54 Å². The molecule has 0 aliphatic carbocycles. The number of nitrogens with one attached hydrogen (secondary N) is 1. The highest BCUT2D eigenvalue weighted by molar-refractivity contribution is 4.78. The van der Waals surface area contributed by atoms with Gasteiger partial charge in [-0.05, 0) is 27.3 Å². The first-order valence-electron chi connectivity index (χ1n) is 3.44. The van der Waals surface area contributed by atoms with E-state index in [4.69, 9.17) is 0 Å². The Hall–Kier alpha value is -0.0800. The first-order valence-corrected chi connectivity index (χ1v) is 3.44. The van der Waals surface area contributed by atoms with Crippen LogP contribution in [0.5, 0.6) is 0 Å². The fourth-order valence-electron chi connectivity index (χ4n) is 0.556. The Morgan fingerprint density at radius 1 is 1.56 bits per heavy atom. The summed E-state index contributed by atoms with van der Waals surface area (Å²) in [5.74, 6) is 0. The Kier molecular flexibility index (Phi) is 3.15. The SMILES string of the molecule is CCN[C@H](C)C(C)(C)O. The minimum absolute atomic E-state index is 0.169. The fourth-order valence-corrected chi connectivity index (χ4v) is 0.556. The van der Waals surface area contributed by atoms with Gasteiger partial charge in [-0.2, -0.15) is 0 Å². The van der Waals surface area contributed by atoms with Crippen molar-refractivity contribution < 1.29 is 5.11 Å². The number of likely N-dealkylation sites (N-methyl/N-ethyl adjacent to an activating group) is 1. The van der Waals surface area contributed by atoms with Crippen molar-refractivity contribution in [3.63, 3.8) is 0 Å². The molecule has 9 heavy (non-hydrogen) atoms. The van der Waals surface area contributed by atoms with Gasteiger partial charge >= 0.3 is 0 Å². The molecule has 0 saturated carbocycles. The average Bonchev–Trinajstić information content (AvgIpc) is 1.64. The van der Waals surface area contributed by atoms with Crippen LogP contribution >= 0.6 is 0 Å². The zero-order chi connectivity index (χ0) is 7.49. The molecular formula is C7H17NO. The van der Waals surface area contributed by atoms with E-state index in [0.29, 0.717) is 0 Å². The van der Waals surface area contributed by atoms with Crippen LogP contribution in [0.1, 0.15) is 27.7 Å². The van der Waals surface area contributed by atoms with Crippen molar-refractivity contribution in [1.82, 2.24) is 5.32 Å². The molecule has 0 radical (unpaired) electrons. The monoisotopic (exact) mass is 131 g/mol. The molecule has 0 fully saturated rings. The third kappa shape index (κ3) is 3.49. The average molecular weight is 131 g/mol. The molecule has 2 N–H and O–H groups in total. The molecule has 0 aromatic heterocycles. The van der Waals surface area contributed by atoms with Gasteiger partial charge < -0.3 is 10.4 Å². The lowest BCUT2D eigenvalue weighted by molar-refractivity contribution is 0.0451. The van der Waals surface area contributed by atoms with Crippen molar-refractivity contribution in [2.75, 3.05) is 6.54 Å². The molecule has 0 amide bonds. The highest BCUT2D eigenvalue weighted by atomic mass is 16.3. The van der Waals surface area contributed by atoms with E-state index in [-0.39, 0.29) is 6.04 Å². The van der Waals surface area contributed by atoms with Crippen molar-refractivity contribution in [1.29, 1.82) is 0 Å². The minimum atomic E-state index is -0.601. The normalized spacial score (nSPS) is 15.7. The van der Waals surface area contributed by atoms with Crippen LogP contribution in [0.25, 0.3) is 0 Å². The Morgan fingerprint density at radius 3 is 2.11 bits per heavy atom. The van der Waals surface area contributed by atoms with Crippen LogP contribution in [0.15, 0.2) is 0 Å². The van der Waals surface area contributed by atoms with Crippen molar-refractivity contribution in [2.24, 2.45) is 0 Å². The van der Waals surface area contributed by atoms with E-state index >= 15 is 0 Å². The Balaban J connectivity index is 3.59. The van der Waals surface area contributed by atoms with Gasteiger partial charge in [0.05, 0.1) is 5.60 Å². The second-order valence-electron chi connectivity index (χ2n) is 2.93. The van der Waals surface area contributed by atoms with E-state index < -0.39 is 5.60 Å². The molecule has 56 valence electrons. The van der Waals surface area contributed by atoms with Gasteiger partial charge in [-0.25, -0.2) is 0 Å². The van der Waals surface area contributed by atoms with Gasteiger partial charge in [-0.15, -0.1) is 0 Å². The van der Waals surface area contributed by atoms with E-state index in [2.05, 4.69) is 5.32 Å². The maximum Gasteiger partial charge on any atom is 0.0741 e. The molecule has 0 aliphatic heterocycles. The zero-order valence-corrected chi connectivity index (χ0v) is 6.73. The molecule has 0 heterocycles. The summed E-state index contributed by atoms with van der Waals surface area (Å²) < 4.78 is 0. The van der Waals surface area contributed by atoms with Crippen LogP contribution in [-0.2, 0) is 0 Å². The summed E-state index contributed by atoms with van der Waals surface area (Å²) in [6.07, 6.45) is 0. The van der Waals surface area contributed by atoms with Gasteiger partial charge in [0, 0.05) is 6.04 Å². The summed E-state index contributed by atoms with van der Waals surface area (Å²) in [5, 5.41) is 12.5. The predicted octanol–water partition coefficient (Wildman–Crippen LogP) is 0.755. The molecule has 0 aromatic rings. The van der Waals surface area contributed by atoms with E-state index in [9.17, 15) is 5.11 Å². The summed E-state index contributed by atoms with van der Waals surface area (Å²) in [7, 11) is 0. The molecule has 0 saturated heterocycles. The molecule has 0 spiro atoms. The van der Waals surface area contributed by atoms with E-state index in [1.165, 1.54) is 0 Å². The number of hydrogen-bond acceptors (Lipinski definition) is 2. The summed E-state index contributed by atoms with van der Waals surface area (Å²) in [4.78, 5) is 0. The minimum Gasteiger partial charge on any atom is -0.389 e. The van der Waals surface area contributed by atoms with Crippen LogP contribution in [0, 0.1) is 0 Å². The van der Waals surface area contributed by atoms with Gasteiger partial charge in [0.2, 0.25) is 0 Å². The van der Waals surface area contributed by atoms with E-state index in [1.54, 1.807) is 13.8 Å². The Labute approximate surface area is 57.3 Å². The van der Waals surface area contributed by atoms with Gasteiger partial charge in [-0.3, -0.25) is 0 Å². The quantitative estimate of drug-likeness (QED) is 0.592. The number of aliphatic hydroxyl groups is 1. The third-order valence-electron chi connectivity index (χ3n) is 1.57. The summed E-state index contributed by atoms with van der Waals surface area (Å²) in [6, 6.07) is 0.169. The highest BCUT2D eigenvalue weighted by Crippen LogP contribution is 2.06. The van der Waals surface area contributed by atoms with Crippen LogP contribution in [-0.4, -0.2) is 23.3 Å². The molecule has 2 nitrogen and oxygen atoms in total. The second kappa shape index (κ2) is 3.18. The lowest BCUT2D eigenvalue weighted by Gasteiger charge is -2.26. The fraction of sp³-hybridized carbons (Fsp3) is 1.00. The van der Waals surface area contributed by atoms with Crippen molar-refractivity contribution in [2.45, 2.75) is 39.3 Å². The van der Waals surface area contributed by atoms with Gasteiger partial charge in [0.25, 0.3) is 0 Å². The molecule has 0 unspecified atom stereocenters. The lowest BCUT2D eigenvalue weighted by Crippen LogP contribution is -2.44. The maximum atomic E-state index is 9.35. The highest BCUT2D eigenvalue weighted by Gasteiger charge is 2.20. The van der Waals surface area contributed by atoms with Gasteiger partial charge in [-0.1, -0.05) is 6.92 Å². The molecular weight excluding hydrogens is 114 g/mol. The smallest absolute Gasteiger partial charge is 0.0741 e. The summed E-state index contributed by atoms with van der Waals surface area (Å²) in [6.45, 7) is 8.53. The predicted molar refractivity (Wildman–Crippen MR) is 39.4 cm³/mol. The van der Waals surface area contributed by atoms with Crippen LogP contribution in [0.2, 0.25) is 0 Å². The molecule has 0 aliphatic rings. The molecule has 0 rings (SSSR count). The van der Waals surface area contributed by atoms with Crippen LogP contribution in [0.3, 0.4) is 0 Å². The Morgan fingerprint density at radius 2 is 2.00 bits per heavy atom. The van der Waals surface area contributed by atoms with Crippen molar-refractivity contribution in [3.8, 4) is 0 Å². The van der Waals surface area contributed by atoms with E-state index in [1.807, 2.05) is 13.8 Å². The molecule has 2 heteroatoms. The summed E-state index contributed by atoms with van der Waals surface area (Å²) in [5.41, 5.74) is -0.601. The maximum absolute atomic E-state index is 9.35. The largest absolute Gasteiger partial charge is 0.389 e. The van der Waals surface area contributed by atoms with Crippen LogP contribution in [0.4, 0.5) is 0 Å². The third-order valence-corrected chi connectivity index (χ3v) is 1.57. The number of rotatable bonds is 3. The second-order valence-corrected chi connectivity index (χ2v) is 2.93.